The monoisotopic (exact) mass is 493 g/mol. The molecule has 0 bridgehead atoms. The molecule has 1 atom stereocenters. The third kappa shape index (κ3) is 3.26. The summed E-state index contributed by atoms with van der Waals surface area (Å²) in [4.78, 5) is 51.2. The average Bonchev–Trinajstić information content (AvgIpc) is 3.28. The van der Waals surface area contributed by atoms with Crippen molar-refractivity contribution in [3.63, 3.8) is 0 Å². The number of hydrogen-bond acceptors (Lipinski definition) is 5. The number of hydrogen-bond donors (Lipinski definition) is 0. The SMILES string of the molecule is COc1ccc(N2C(=O)c3ccc(C(C)(c4ccc5c(c4)C(=O)CC5=O)C(F)(F)F)cc3C2=O)cc1. The predicted octanol–water partition coefficient (Wildman–Crippen LogP) is 5.13. The van der Waals surface area contributed by atoms with Gasteiger partial charge in [0.2, 0.25) is 0 Å². The van der Waals surface area contributed by atoms with Gasteiger partial charge in [-0.2, -0.15) is 13.2 Å². The van der Waals surface area contributed by atoms with E-state index < -0.39 is 35.0 Å². The minimum absolute atomic E-state index is 0.0150. The van der Waals surface area contributed by atoms with E-state index in [0.29, 0.717) is 5.75 Å². The number of imide groups is 1. The number of carbonyl (C=O) groups excluding carboxylic acids is 4. The van der Waals surface area contributed by atoms with Crippen LogP contribution in [0.2, 0.25) is 0 Å². The molecule has 2 amide bonds. The molecule has 6 nitrogen and oxygen atoms in total. The van der Waals surface area contributed by atoms with Crippen molar-refractivity contribution in [3.8, 4) is 5.75 Å². The number of fused-ring (bicyclic) bond motifs is 2. The Morgan fingerprint density at radius 1 is 0.722 bits per heavy atom. The maximum absolute atomic E-state index is 14.6. The van der Waals surface area contributed by atoms with Gasteiger partial charge >= 0.3 is 6.18 Å². The van der Waals surface area contributed by atoms with Crippen molar-refractivity contribution in [2.24, 2.45) is 0 Å². The van der Waals surface area contributed by atoms with Crippen LogP contribution in [0.5, 0.6) is 5.75 Å². The zero-order valence-electron chi connectivity index (χ0n) is 19.1. The molecule has 3 aromatic carbocycles. The van der Waals surface area contributed by atoms with Crippen LogP contribution in [0.15, 0.2) is 60.7 Å². The number of anilines is 1. The van der Waals surface area contributed by atoms with Gasteiger partial charge in [0, 0.05) is 11.1 Å². The van der Waals surface area contributed by atoms with Crippen molar-refractivity contribution in [2.75, 3.05) is 12.0 Å². The lowest BCUT2D eigenvalue weighted by Crippen LogP contribution is -2.41. The summed E-state index contributed by atoms with van der Waals surface area (Å²) < 4.78 is 48.9. The second-order valence-corrected chi connectivity index (χ2v) is 8.81. The van der Waals surface area contributed by atoms with Crippen molar-refractivity contribution >= 4 is 29.1 Å². The lowest BCUT2D eigenvalue weighted by molar-refractivity contribution is -0.173. The summed E-state index contributed by atoms with van der Waals surface area (Å²) in [5.41, 5.74) is -3.02. The highest BCUT2D eigenvalue weighted by atomic mass is 19.4. The van der Waals surface area contributed by atoms with E-state index in [0.717, 1.165) is 30.0 Å². The number of rotatable bonds is 4. The summed E-state index contributed by atoms with van der Waals surface area (Å²) in [6.07, 6.45) is -5.21. The number of methoxy groups -OCH3 is 1. The molecule has 0 fully saturated rings. The lowest BCUT2D eigenvalue weighted by atomic mass is 9.74. The van der Waals surface area contributed by atoms with E-state index in [1.165, 1.54) is 37.4 Å². The molecule has 182 valence electrons. The second kappa shape index (κ2) is 7.87. The van der Waals surface area contributed by atoms with E-state index in [2.05, 4.69) is 0 Å². The second-order valence-electron chi connectivity index (χ2n) is 8.81. The standard InChI is InChI=1S/C27H18F3NO5/c1-26(27(28,29)30,14-3-9-18-20(11-14)23(33)13-22(18)32)15-4-10-19-21(12-15)25(35)31(24(19)34)16-5-7-17(36-2)8-6-16/h3-12H,13H2,1-2H3. The van der Waals surface area contributed by atoms with Gasteiger partial charge in [0.25, 0.3) is 11.8 Å². The Labute approximate surface area is 203 Å². The van der Waals surface area contributed by atoms with Crippen LogP contribution < -0.4 is 9.64 Å². The van der Waals surface area contributed by atoms with Gasteiger partial charge in [-0.15, -0.1) is 0 Å². The Morgan fingerprint density at radius 2 is 1.25 bits per heavy atom. The Kier molecular flexibility index (Phi) is 5.13. The van der Waals surface area contributed by atoms with Crippen molar-refractivity contribution in [1.29, 1.82) is 0 Å². The van der Waals surface area contributed by atoms with E-state index in [9.17, 15) is 32.3 Å². The number of benzene rings is 3. The Morgan fingerprint density at radius 3 is 1.83 bits per heavy atom. The summed E-state index contributed by atoms with van der Waals surface area (Å²) in [5, 5.41) is 0. The molecule has 36 heavy (non-hydrogen) atoms. The zero-order chi connectivity index (χ0) is 26.0. The number of ketones is 2. The fourth-order valence-electron chi connectivity index (χ4n) is 4.68. The van der Waals surface area contributed by atoms with E-state index in [-0.39, 0.29) is 45.5 Å². The molecule has 2 aliphatic rings. The molecule has 1 heterocycles. The third-order valence-electron chi connectivity index (χ3n) is 6.88. The first-order chi connectivity index (χ1) is 17.0. The van der Waals surface area contributed by atoms with Gasteiger partial charge in [-0.1, -0.05) is 18.2 Å². The Balaban J connectivity index is 1.61. The molecule has 5 rings (SSSR count). The molecule has 1 aliphatic heterocycles. The van der Waals surface area contributed by atoms with Gasteiger partial charge in [-0.05, 0) is 60.5 Å². The van der Waals surface area contributed by atoms with Gasteiger partial charge < -0.3 is 4.74 Å². The zero-order valence-corrected chi connectivity index (χ0v) is 19.1. The highest BCUT2D eigenvalue weighted by molar-refractivity contribution is 6.34. The molecular formula is C27H18F3NO5. The van der Waals surface area contributed by atoms with Crippen LogP contribution in [0.1, 0.15) is 65.9 Å². The summed E-state index contributed by atoms with van der Waals surface area (Å²) in [5.74, 6) is -1.86. The molecule has 1 aliphatic carbocycles. The van der Waals surface area contributed by atoms with Crippen LogP contribution >= 0.6 is 0 Å². The molecule has 0 saturated heterocycles. The number of halogens is 3. The average molecular weight is 493 g/mol. The van der Waals surface area contributed by atoms with E-state index in [1.54, 1.807) is 12.1 Å². The summed E-state index contributed by atoms with van der Waals surface area (Å²) in [7, 11) is 1.46. The predicted molar refractivity (Wildman–Crippen MR) is 123 cm³/mol. The maximum Gasteiger partial charge on any atom is 0.402 e. The fraction of sp³-hybridized carbons (Fsp3) is 0.185. The molecule has 3 aromatic rings. The van der Waals surface area contributed by atoms with Crippen LogP contribution in [0.4, 0.5) is 18.9 Å². The van der Waals surface area contributed by atoms with Crippen LogP contribution in [-0.4, -0.2) is 36.7 Å². The van der Waals surface area contributed by atoms with Crippen LogP contribution in [-0.2, 0) is 5.41 Å². The van der Waals surface area contributed by atoms with Crippen molar-refractivity contribution in [2.45, 2.75) is 24.9 Å². The first-order valence-electron chi connectivity index (χ1n) is 10.9. The van der Waals surface area contributed by atoms with E-state index >= 15 is 0 Å². The number of ether oxygens (including phenoxy) is 1. The normalized spacial score (nSPS) is 16.8. The first kappa shape index (κ1) is 23.5. The molecule has 0 spiro atoms. The highest BCUT2D eigenvalue weighted by Crippen LogP contribution is 2.48. The van der Waals surface area contributed by atoms with Gasteiger partial charge in [0.05, 0.1) is 30.3 Å². The van der Waals surface area contributed by atoms with Gasteiger partial charge in [-0.3, -0.25) is 19.2 Å². The van der Waals surface area contributed by atoms with Crippen molar-refractivity contribution < 1.29 is 37.1 Å². The highest BCUT2D eigenvalue weighted by Gasteiger charge is 2.54. The minimum atomic E-state index is -4.83. The molecule has 0 aromatic heterocycles. The van der Waals surface area contributed by atoms with Gasteiger partial charge in [0.1, 0.15) is 11.2 Å². The number of Topliss-reactive ketones (excluding diaryl/α,β-unsaturated/α-hetero) is 2. The number of amides is 2. The topological polar surface area (TPSA) is 80.8 Å². The molecule has 1 unspecified atom stereocenters. The Hall–Kier alpha value is -4.27. The van der Waals surface area contributed by atoms with Gasteiger partial charge in [-0.25, -0.2) is 4.90 Å². The molecule has 9 heteroatoms. The van der Waals surface area contributed by atoms with E-state index in [4.69, 9.17) is 4.74 Å². The smallest absolute Gasteiger partial charge is 0.402 e. The quantitative estimate of drug-likeness (QED) is 0.372. The third-order valence-corrected chi connectivity index (χ3v) is 6.88. The molecule has 0 radical (unpaired) electrons. The van der Waals surface area contributed by atoms with Crippen LogP contribution in [0.3, 0.4) is 0 Å². The summed E-state index contributed by atoms with van der Waals surface area (Å²) >= 11 is 0. The maximum atomic E-state index is 14.6. The molecule has 0 N–H and O–H groups in total. The Bertz CT molecular complexity index is 1480. The molecular weight excluding hydrogens is 475 g/mol. The number of carbonyl (C=O) groups is 4. The van der Waals surface area contributed by atoms with Crippen LogP contribution in [0.25, 0.3) is 0 Å². The number of alkyl halides is 3. The van der Waals surface area contributed by atoms with Gasteiger partial charge in [0.15, 0.2) is 11.6 Å². The molecule has 0 saturated carbocycles. The van der Waals surface area contributed by atoms with Crippen LogP contribution in [0, 0.1) is 0 Å². The lowest BCUT2D eigenvalue weighted by Gasteiger charge is -2.33. The van der Waals surface area contributed by atoms with E-state index in [1.807, 2.05) is 0 Å². The summed E-state index contributed by atoms with van der Waals surface area (Å²) in [6, 6.07) is 13.1. The largest absolute Gasteiger partial charge is 0.497 e. The number of nitrogens with zero attached hydrogens (tertiary/aromatic N) is 1. The van der Waals surface area contributed by atoms with Crippen molar-refractivity contribution in [1.82, 2.24) is 0 Å². The summed E-state index contributed by atoms with van der Waals surface area (Å²) in [6.45, 7) is 0.945. The first-order valence-corrected chi connectivity index (χ1v) is 10.9. The fourth-order valence-corrected chi connectivity index (χ4v) is 4.68. The van der Waals surface area contributed by atoms with Crippen molar-refractivity contribution in [3.05, 3.63) is 94.0 Å². The minimum Gasteiger partial charge on any atom is -0.497 e.